The van der Waals surface area contributed by atoms with Crippen LogP contribution in [0.3, 0.4) is 0 Å². The summed E-state index contributed by atoms with van der Waals surface area (Å²) in [5.41, 5.74) is -0.165. The van der Waals surface area contributed by atoms with Crippen LogP contribution in [0, 0.1) is 5.92 Å². The van der Waals surface area contributed by atoms with Gasteiger partial charge < -0.3 is 14.4 Å². The predicted octanol–water partition coefficient (Wildman–Crippen LogP) is 1.75. The molecular weight excluding hydrogens is 244 g/mol. The Morgan fingerprint density at radius 2 is 2.11 bits per heavy atom. The molecule has 1 aromatic heterocycles. The molecular formula is C14H22N2O3. The van der Waals surface area contributed by atoms with Crippen molar-refractivity contribution in [3.05, 3.63) is 22.7 Å². The quantitative estimate of drug-likeness (QED) is 0.901. The molecule has 1 aromatic rings. The van der Waals surface area contributed by atoms with Crippen LogP contribution in [0.15, 0.2) is 17.2 Å². The molecule has 1 aliphatic carbocycles. The summed E-state index contributed by atoms with van der Waals surface area (Å²) in [5, 5.41) is 9.10. The molecule has 0 atom stereocenters. The molecule has 106 valence electrons. The maximum absolute atomic E-state index is 12.1. The van der Waals surface area contributed by atoms with Gasteiger partial charge in [0.2, 0.25) is 0 Å². The van der Waals surface area contributed by atoms with Gasteiger partial charge in [0.25, 0.3) is 5.88 Å². The topological polar surface area (TPSA) is 64.3 Å². The van der Waals surface area contributed by atoms with Crippen LogP contribution in [0.5, 0.6) is 5.88 Å². The fourth-order valence-electron chi connectivity index (χ4n) is 2.48. The highest BCUT2D eigenvalue weighted by Gasteiger charge is 2.23. The van der Waals surface area contributed by atoms with E-state index >= 15 is 0 Å². The third kappa shape index (κ3) is 3.35. The second-order valence-corrected chi connectivity index (χ2v) is 5.48. The summed E-state index contributed by atoms with van der Waals surface area (Å²) >= 11 is 0. The predicted molar refractivity (Wildman–Crippen MR) is 72.3 cm³/mol. The largest absolute Gasteiger partial charge is 0.470 e. The highest BCUT2D eigenvalue weighted by Crippen LogP contribution is 2.25. The van der Waals surface area contributed by atoms with Crippen molar-refractivity contribution in [2.24, 2.45) is 5.92 Å². The smallest absolute Gasteiger partial charge is 0.313 e. The van der Waals surface area contributed by atoms with Crippen LogP contribution in [0.25, 0.3) is 0 Å². The van der Waals surface area contributed by atoms with E-state index in [-0.39, 0.29) is 30.2 Å². The van der Waals surface area contributed by atoms with Gasteiger partial charge in [-0.1, -0.05) is 0 Å². The van der Waals surface area contributed by atoms with E-state index in [1.54, 1.807) is 17.0 Å². The van der Waals surface area contributed by atoms with Gasteiger partial charge in [0.1, 0.15) is 6.10 Å². The number of aromatic nitrogens is 2. The molecule has 1 saturated carbocycles. The molecule has 0 radical (unpaired) electrons. The van der Waals surface area contributed by atoms with Crippen LogP contribution >= 0.6 is 0 Å². The van der Waals surface area contributed by atoms with E-state index in [0.29, 0.717) is 5.92 Å². The monoisotopic (exact) mass is 266 g/mol. The molecule has 5 heteroatoms. The molecule has 0 bridgehead atoms. The Kier molecular flexibility index (Phi) is 4.58. The van der Waals surface area contributed by atoms with Crippen LogP contribution in [0.4, 0.5) is 0 Å². The molecule has 1 N–H and O–H groups in total. The van der Waals surface area contributed by atoms with Gasteiger partial charge in [0.05, 0.1) is 0 Å². The van der Waals surface area contributed by atoms with Crippen molar-refractivity contribution in [3.63, 3.8) is 0 Å². The zero-order chi connectivity index (χ0) is 13.8. The van der Waals surface area contributed by atoms with E-state index in [2.05, 4.69) is 4.98 Å². The van der Waals surface area contributed by atoms with Crippen molar-refractivity contribution >= 4 is 0 Å². The summed E-state index contributed by atoms with van der Waals surface area (Å²) in [6, 6.07) is 0.1000. The van der Waals surface area contributed by atoms with E-state index in [1.165, 1.54) is 0 Å². The minimum absolute atomic E-state index is 0.0472. The van der Waals surface area contributed by atoms with Crippen molar-refractivity contribution in [1.29, 1.82) is 0 Å². The second-order valence-electron chi connectivity index (χ2n) is 5.48. The Labute approximate surface area is 113 Å². The van der Waals surface area contributed by atoms with Gasteiger partial charge in [0.15, 0.2) is 0 Å². The molecule has 1 heterocycles. The Hall–Kier alpha value is -1.36. The number of ether oxygens (including phenoxy) is 1. The van der Waals surface area contributed by atoms with Gasteiger partial charge in [-0.25, -0.2) is 4.98 Å². The fraction of sp³-hybridized carbons (Fsp3) is 0.714. The van der Waals surface area contributed by atoms with E-state index < -0.39 is 0 Å². The van der Waals surface area contributed by atoms with E-state index in [4.69, 9.17) is 9.84 Å². The van der Waals surface area contributed by atoms with Crippen molar-refractivity contribution in [3.8, 4) is 5.88 Å². The van der Waals surface area contributed by atoms with Gasteiger partial charge in [-0.3, -0.25) is 4.79 Å². The van der Waals surface area contributed by atoms with E-state index in [9.17, 15) is 4.79 Å². The van der Waals surface area contributed by atoms with Gasteiger partial charge >= 0.3 is 5.56 Å². The third-order valence-corrected chi connectivity index (χ3v) is 3.72. The first kappa shape index (κ1) is 14.1. The van der Waals surface area contributed by atoms with Gasteiger partial charge in [-0.05, 0) is 45.4 Å². The highest BCUT2D eigenvalue weighted by atomic mass is 16.5. The van der Waals surface area contributed by atoms with E-state index in [0.717, 1.165) is 25.7 Å². The Morgan fingerprint density at radius 3 is 2.68 bits per heavy atom. The molecule has 0 saturated heterocycles. The Morgan fingerprint density at radius 1 is 1.42 bits per heavy atom. The third-order valence-electron chi connectivity index (χ3n) is 3.72. The first-order chi connectivity index (χ1) is 9.11. The van der Waals surface area contributed by atoms with Gasteiger partial charge in [0, 0.05) is 25.0 Å². The molecule has 0 spiro atoms. The molecule has 1 aliphatic rings. The normalized spacial score (nSPS) is 23.6. The molecule has 1 fully saturated rings. The summed E-state index contributed by atoms with van der Waals surface area (Å²) in [4.78, 5) is 16.2. The lowest BCUT2D eigenvalue weighted by molar-refractivity contribution is 0.0985. The van der Waals surface area contributed by atoms with Crippen molar-refractivity contribution in [2.45, 2.75) is 51.7 Å². The lowest BCUT2D eigenvalue weighted by atomic mass is 9.88. The number of hydrogen-bond acceptors (Lipinski definition) is 4. The minimum atomic E-state index is -0.165. The van der Waals surface area contributed by atoms with Crippen LogP contribution in [-0.2, 0) is 0 Å². The molecule has 0 aromatic carbocycles. The molecule has 19 heavy (non-hydrogen) atoms. The number of aliphatic hydroxyl groups is 1. The summed E-state index contributed by atoms with van der Waals surface area (Å²) in [6.45, 7) is 4.16. The number of rotatable bonds is 4. The van der Waals surface area contributed by atoms with E-state index in [1.807, 2.05) is 13.8 Å². The Bertz CT molecular complexity index is 462. The molecule has 0 aliphatic heterocycles. The minimum Gasteiger partial charge on any atom is -0.470 e. The van der Waals surface area contributed by atoms with Gasteiger partial charge in [-0.2, -0.15) is 0 Å². The lowest BCUT2D eigenvalue weighted by Crippen LogP contribution is -2.30. The van der Waals surface area contributed by atoms with Crippen LogP contribution in [0.2, 0.25) is 0 Å². The summed E-state index contributed by atoms with van der Waals surface area (Å²) in [5.74, 6) is 0.583. The molecule has 0 unspecified atom stereocenters. The standard InChI is InChI=1S/C14H22N2O3/c1-10(2)16-8-7-15-13(14(16)18)19-12-5-3-11(9-17)4-6-12/h7-8,10-12,17H,3-6,9H2,1-2H3. The number of nitrogens with zero attached hydrogens (tertiary/aromatic N) is 2. The number of hydrogen-bond donors (Lipinski definition) is 1. The van der Waals surface area contributed by atoms with Crippen molar-refractivity contribution < 1.29 is 9.84 Å². The number of aliphatic hydroxyl groups excluding tert-OH is 1. The van der Waals surface area contributed by atoms with Crippen LogP contribution in [0.1, 0.15) is 45.6 Å². The molecule has 2 rings (SSSR count). The maximum atomic E-state index is 12.1. The summed E-state index contributed by atoms with van der Waals surface area (Å²) in [6.07, 6.45) is 6.99. The van der Waals surface area contributed by atoms with Crippen LogP contribution in [-0.4, -0.2) is 27.4 Å². The molecule has 0 amide bonds. The highest BCUT2D eigenvalue weighted by molar-refractivity contribution is 5.06. The summed E-state index contributed by atoms with van der Waals surface area (Å²) < 4.78 is 7.37. The molecule has 5 nitrogen and oxygen atoms in total. The Balaban J connectivity index is 2.04. The average molecular weight is 266 g/mol. The van der Waals surface area contributed by atoms with Crippen molar-refractivity contribution in [1.82, 2.24) is 9.55 Å². The van der Waals surface area contributed by atoms with Crippen molar-refractivity contribution in [2.75, 3.05) is 6.61 Å². The summed E-state index contributed by atoms with van der Waals surface area (Å²) in [7, 11) is 0. The average Bonchev–Trinajstić information content (AvgIpc) is 2.41. The first-order valence-electron chi connectivity index (χ1n) is 6.96. The zero-order valence-corrected chi connectivity index (χ0v) is 11.6. The second kappa shape index (κ2) is 6.19. The lowest BCUT2D eigenvalue weighted by Gasteiger charge is -2.27. The maximum Gasteiger partial charge on any atom is 0.313 e. The zero-order valence-electron chi connectivity index (χ0n) is 11.6. The first-order valence-corrected chi connectivity index (χ1v) is 6.96. The SMILES string of the molecule is CC(C)n1ccnc(OC2CCC(CO)CC2)c1=O. The van der Waals surface area contributed by atoms with Gasteiger partial charge in [-0.15, -0.1) is 0 Å². The van der Waals surface area contributed by atoms with Crippen LogP contribution < -0.4 is 10.3 Å². The fourth-order valence-corrected chi connectivity index (χ4v) is 2.48.